The van der Waals surface area contributed by atoms with Gasteiger partial charge < -0.3 is 10.2 Å². The van der Waals surface area contributed by atoms with E-state index in [4.69, 9.17) is 0 Å². The van der Waals surface area contributed by atoms with Crippen molar-refractivity contribution in [1.29, 1.82) is 0 Å². The topological polar surface area (TPSA) is 15.3 Å². The summed E-state index contributed by atoms with van der Waals surface area (Å²) >= 11 is 1.97. The van der Waals surface area contributed by atoms with E-state index in [-0.39, 0.29) is 0 Å². The monoisotopic (exact) mass is 216 g/mol. The molecule has 1 N–H and O–H groups in total. The summed E-state index contributed by atoms with van der Waals surface area (Å²) < 4.78 is 0. The van der Waals surface area contributed by atoms with Crippen LogP contribution in [0.15, 0.2) is 0 Å². The Bertz CT molecular complexity index is 150. The van der Waals surface area contributed by atoms with Crippen LogP contribution in [0.5, 0.6) is 0 Å². The van der Waals surface area contributed by atoms with Gasteiger partial charge in [0.15, 0.2) is 0 Å². The molecule has 0 aromatic rings. The first-order chi connectivity index (χ1) is 6.76. The molecular weight excluding hydrogens is 192 g/mol. The van der Waals surface area contributed by atoms with E-state index in [1.807, 2.05) is 11.8 Å². The van der Waals surface area contributed by atoms with Crippen LogP contribution in [0.1, 0.15) is 26.7 Å². The number of likely N-dealkylation sites (N-methyl/N-ethyl adjacent to an activating group) is 1. The minimum atomic E-state index is 0.739. The van der Waals surface area contributed by atoms with E-state index >= 15 is 0 Å². The van der Waals surface area contributed by atoms with Crippen LogP contribution in [0.4, 0.5) is 0 Å². The summed E-state index contributed by atoms with van der Waals surface area (Å²) in [5, 5.41) is 4.33. The maximum absolute atomic E-state index is 3.56. The molecule has 0 radical (unpaired) electrons. The van der Waals surface area contributed by atoms with Crippen molar-refractivity contribution >= 4 is 11.8 Å². The summed E-state index contributed by atoms with van der Waals surface area (Å²) in [6.45, 7) is 9.43. The number of hydrogen-bond donors (Lipinski definition) is 1. The summed E-state index contributed by atoms with van der Waals surface area (Å²) in [6, 6.07) is 0.739. The molecular formula is C11H24N2S. The highest BCUT2D eigenvalue weighted by atomic mass is 32.2. The minimum Gasteiger partial charge on any atom is -0.313 e. The van der Waals surface area contributed by atoms with E-state index in [1.165, 1.54) is 32.5 Å². The van der Waals surface area contributed by atoms with Crippen molar-refractivity contribution in [3.05, 3.63) is 0 Å². The molecule has 0 aromatic heterocycles. The number of nitrogens with one attached hydrogen (secondary N) is 1. The molecule has 1 fully saturated rings. The first-order valence-corrected chi connectivity index (χ1v) is 7.03. The van der Waals surface area contributed by atoms with Crippen LogP contribution >= 0.6 is 11.8 Å². The van der Waals surface area contributed by atoms with Crippen molar-refractivity contribution in [2.24, 2.45) is 0 Å². The molecule has 0 spiro atoms. The molecule has 1 aliphatic rings. The zero-order valence-corrected chi connectivity index (χ0v) is 10.6. The molecule has 1 heterocycles. The van der Waals surface area contributed by atoms with Crippen molar-refractivity contribution in [2.45, 2.75) is 38.0 Å². The Labute approximate surface area is 92.8 Å². The summed E-state index contributed by atoms with van der Waals surface area (Å²) in [5.41, 5.74) is 0. The average Bonchev–Trinajstić information content (AvgIpc) is 2.19. The molecule has 2 nitrogen and oxygen atoms in total. The Morgan fingerprint density at radius 3 is 3.00 bits per heavy atom. The van der Waals surface area contributed by atoms with E-state index in [2.05, 4.69) is 30.3 Å². The van der Waals surface area contributed by atoms with Crippen LogP contribution in [-0.4, -0.2) is 48.6 Å². The van der Waals surface area contributed by atoms with Gasteiger partial charge in [0, 0.05) is 24.4 Å². The van der Waals surface area contributed by atoms with Crippen LogP contribution in [0, 0.1) is 0 Å². The largest absolute Gasteiger partial charge is 0.313 e. The van der Waals surface area contributed by atoms with Crippen LogP contribution in [0.3, 0.4) is 0 Å². The molecule has 2 atom stereocenters. The summed E-state index contributed by atoms with van der Waals surface area (Å²) in [4.78, 5) is 2.61. The van der Waals surface area contributed by atoms with Gasteiger partial charge in [-0.25, -0.2) is 0 Å². The molecule has 0 amide bonds. The van der Waals surface area contributed by atoms with Gasteiger partial charge in [-0.2, -0.15) is 11.8 Å². The molecule has 14 heavy (non-hydrogen) atoms. The zero-order chi connectivity index (χ0) is 10.4. The number of nitrogens with zero attached hydrogens (tertiary/aromatic N) is 1. The Kier molecular flexibility index (Phi) is 5.90. The van der Waals surface area contributed by atoms with Crippen LogP contribution in [-0.2, 0) is 0 Å². The molecule has 3 heteroatoms. The minimum absolute atomic E-state index is 0.739. The highest BCUT2D eigenvalue weighted by molar-refractivity contribution is 7.99. The Balaban J connectivity index is 2.25. The lowest BCUT2D eigenvalue weighted by Gasteiger charge is -2.34. The van der Waals surface area contributed by atoms with Gasteiger partial charge in [-0.15, -0.1) is 0 Å². The van der Waals surface area contributed by atoms with Gasteiger partial charge in [0.05, 0.1) is 0 Å². The third kappa shape index (κ3) is 4.20. The van der Waals surface area contributed by atoms with E-state index in [1.54, 1.807) is 0 Å². The van der Waals surface area contributed by atoms with E-state index in [0.717, 1.165) is 17.8 Å². The molecule has 0 aromatic carbocycles. The van der Waals surface area contributed by atoms with Gasteiger partial charge in [-0.05, 0) is 32.2 Å². The van der Waals surface area contributed by atoms with Gasteiger partial charge in [-0.3, -0.25) is 0 Å². The second-order valence-electron chi connectivity index (χ2n) is 4.20. The van der Waals surface area contributed by atoms with Crippen molar-refractivity contribution in [1.82, 2.24) is 10.2 Å². The van der Waals surface area contributed by atoms with Crippen LogP contribution < -0.4 is 5.32 Å². The maximum Gasteiger partial charge on any atom is 0.0195 e. The molecule has 0 saturated carbocycles. The lowest BCUT2D eigenvalue weighted by Crippen LogP contribution is -2.47. The van der Waals surface area contributed by atoms with Gasteiger partial charge in [0.25, 0.3) is 0 Å². The van der Waals surface area contributed by atoms with Crippen molar-refractivity contribution in [2.75, 3.05) is 32.4 Å². The van der Waals surface area contributed by atoms with Crippen LogP contribution in [0.2, 0.25) is 0 Å². The SMILES string of the molecule is CCNC1CCCN(CC(C)SC)C1. The predicted octanol–water partition coefficient (Wildman–Crippen LogP) is 1.81. The summed E-state index contributed by atoms with van der Waals surface area (Å²) in [7, 11) is 0. The van der Waals surface area contributed by atoms with Crippen LogP contribution in [0.25, 0.3) is 0 Å². The number of likely N-dealkylation sites (tertiary alicyclic amines) is 1. The number of hydrogen-bond acceptors (Lipinski definition) is 3. The number of rotatable bonds is 5. The first kappa shape index (κ1) is 12.3. The third-order valence-electron chi connectivity index (χ3n) is 2.92. The molecule has 0 bridgehead atoms. The second-order valence-corrected chi connectivity index (χ2v) is 5.48. The lowest BCUT2D eigenvalue weighted by atomic mass is 10.1. The van der Waals surface area contributed by atoms with E-state index in [0.29, 0.717) is 0 Å². The lowest BCUT2D eigenvalue weighted by molar-refractivity contribution is 0.194. The standard InChI is InChI=1S/C11H24N2S/c1-4-12-11-6-5-7-13(9-11)8-10(2)14-3/h10-12H,4-9H2,1-3H3. The van der Waals surface area contributed by atoms with Crippen molar-refractivity contribution in [3.8, 4) is 0 Å². The maximum atomic E-state index is 3.56. The molecule has 1 rings (SSSR count). The highest BCUT2D eigenvalue weighted by Crippen LogP contribution is 2.13. The smallest absolute Gasteiger partial charge is 0.0195 e. The fraction of sp³-hybridized carbons (Fsp3) is 1.00. The second kappa shape index (κ2) is 6.70. The van der Waals surface area contributed by atoms with Gasteiger partial charge in [0.2, 0.25) is 0 Å². The Hall–Kier alpha value is 0.270. The predicted molar refractivity (Wildman–Crippen MR) is 66.1 cm³/mol. The third-order valence-corrected chi connectivity index (χ3v) is 3.87. The molecule has 0 aliphatic carbocycles. The number of thioether (sulfide) groups is 1. The first-order valence-electron chi connectivity index (χ1n) is 5.74. The average molecular weight is 216 g/mol. The molecule has 1 aliphatic heterocycles. The molecule has 2 unspecified atom stereocenters. The number of piperidine rings is 1. The summed E-state index contributed by atoms with van der Waals surface area (Å²) in [5.74, 6) is 0. The van der Waals surface area contributed by atoms with Crippen molar-refractivity contribution in [3.63, 3.8) is 0 Å². The van der Waals surface area contributed by atoms with E-state index in [9.17, 15) is 0 Å². The Morgan fingerprint density at radius 1 is 1.57 bits per heavy atom. The highest BCUT2D eigenvalue weighted by Gasteiger charge is 2.19. The fourth-order valence-electron chi connectivity index (χ4n) is 2.11. The zero-order valence-electron chi connectivity index (χ0n) is 9.75. The molecule has 1 saturated heterocycles. The molecule has 84 valence electrons. The van der Waals surface area contributed by atoms with E-state index < -0.39 is 0 Å². The quantitative estimate of drug-likeness (QED) is 0.754. The normalized spacial score (nSPS) is 26.4. The Morgan fingerprint density at radius 2 is 2.36 bits per heavy atom. The van der Waals surface area contributed by atoms with Gasteiger partial charge in [0.1, 0.15) is 0 Å². The fourth-order valence-corrected chi connectivity index (χ4v) is 2.47. The summed E-state index contributed by atoms with van der Waals surface area (Å²) in [6.07, 6.45) is 4.92. The van der Waals surface area contributed by atoms with Gasteiger partial charge >= 0.3 is 0 Å². The van der Waals surface area contributed by atoms with Gasteiger partial charge in [-0.1, -0.05) is 13.8 Å². The van der Waals surface area contributed by atoms with Crippen molar-refractivity contribution < 1.29 is 0 Å².